The Morgan fingerprint density at radius 1 is 1.10 bits per heavy atom. The topological polar surface area (TPSA) is 110 Å². The molecule has 3 aromatic rings. The molecule has 1 aromatic heterocycles. The lowest BCUT2D eigenvalue weighted by Gasteiger charge is -2.17. The standard InChI is InChI=1S/C23H25N3O5/c1-3-26-19-11-10-16(13-18(19)25-21(28)22(26)29)20(27)24-14-17(23(30)31-4-2)12-15-8-6-5-7-9-15/h5-11,13,17H,3-4,12,14H2,1-2H3,(H,24,27)(H,25,28). The molecule has 1 amide bonds. The number of nitrogens with one attached hydrogen (secondary N) is 2. The average molecular weight is 423 g/mol. The molecule has 8 heteroatoms. The molecular weight excluding hydrogens is 398 g/mol. The van der Waals surface area contributed by atoms with Crippen LogP contribution in [-0.4, -0.2) is 34.6 Å². The van der Waals surface area contributed by atoms with E-state index in [9.17, 15) is 19.2 Å². The minimum atomic E-state index is -0.739. The van der Waals surface area contributed by atoms with Gasteiger partial charge in [-0.05, 0) is 44.0 Å². The predicted octanol–water partition coefficient (Wildman–Crippen LogP) is 1.86. The molecule has 0 fully saturated rings. The number of aromatic amines is 1. The molecule has 1 unspecified atom stereocenters. The van der Waals surface area contributed by atoms with Crippen molar-refractivity contribution in [1.29, 1.82) is 0 Å². The van der Waals surface area contributed by atoms with E-state index in [4.69, 9.17) is 4.74 Å². The van der Waals surface area contributed by atoms with E-state index in [-0.39, 0.29) is 25.0 Å². The molecule has 162 valence electrons. The van der Waals surface area contributed by atoms with Crippen molar-refractivity contribution in [3.05, 3.63) is 80.4 Å². The van der Waals surface area contributed by atoms with E-state index in [0.29, 0.717) is 29.6 Å². The summed E-state index contributed by atoms with van der Waals surface area (Å²) in [6.45, 7) is 4.21. The molecule has 0 aliphatic carbocycles. The minimum absolute atomic E-state index is 0.107. The van der Waals surface area contributed by atoms with Crippen molar-refractivity contribution in [2.75, 3.05) is 13.2 Å². The molecule has 3 rings (SSSR count). The molecule has 0 saturated carbocycles. The van der Waals surface area contributed by atoms with Gasteiger partial charge in [0.05, 0.1) is 23.6 Å². The number of amides is 1. The summed E-state index contributed by atoms with van der Waals surface area (Å²) in [6.07, 6.45) is 0.438. The van der Waals surface area contributed by atoms with Gasteiger partial charge in [0.15, 0.2) is 0 Å². The first kappa shape index (κ1) is 22.0. The third-order valence-corrected chi connectivity index (χ3v) is 5.01. The number of H-pyrrole nitrogens is 1. The van der Waals surface area contributed by atoms with Crippen LogP contribution in [0.1, 0.15) is 29.8 Å². The number of benzene rings is 2. The van der Waals surface area contributed by atoms with Crippen LogP contribution in [-0.2, 0) is 22.5 Å². The lowest BCUT2D eigenvalue weighted by atomic mass is 9.99. The molecule has 8 nitrogen and oxygen atoms in total. The summed E-state index contributed by atoms with van der Waals surface area (Å²) < 4.78 is 6.51. The first-order valence-electron chi connectivity index (χ1n) is 10.2. The zero-order valence-corrected chi connectivity index (χ0v) is 17.5. The molecule has 31 heavy (non-hydrogen) atoms. The van der Waals surface area contributed by atoms with Crippen LogP contribution in [0.25, 0.3) is 11.0 Å². The fourth-order valence-corrected chi connectivity index (χ4v) is 3.45. The summed E-state index contributed by atoms with van der Waals surface area (Å²) in [6, 6.07) is 14.2. The van der Waals surface area contributed by atoms with Gasteiger partial charge in [-0.1, -0.05) is 30.3 Å². The van der Waals surface area contributed by atoms with Crippen LogP contribution >= 0.6 is 0 Å². The van der Waals surface area contributed by atoms with Crippen molar-refractivity contribution in [2.45, 2.75) is 26.8 Å². The van der Waals surface area contributed by atoms with E-state index < -0.39 is 17.0 Å². The maximum absolute atomic E-state index is 12.7. The van der Waals surface area contributed by atoms with Gasteiger partial charge in [0.1, 0.15) is 0 Å². The first-order valence-corrected chi connectivity index (χ1v) is 10.2. The highest BCUT2D eigenvalue weighted by molar-refractivity contribution is 5.97. The van der Waals surface area contributed by atoms with E-state index in [1.54, 1.807) is 26.0 Å². The maximum Gasteiger partial charge on any atom is 0.316 e. The summed E-state index contributed by atoms with van der Waals surface area (Å²) >= 11 is 0. The highest BCUT2D eigenvalue weighted by atomic mass is 16.5. The van der Waals surface area contributed by atoms with Gasteiger partial charge in [-0.15, -0.1) is 0 Å². The SMILES string of the molecule is CCOC(=O)C(CNC(=O)c1ccc2c(c1)[nH]c(=O)c(=O)n2CC)Cc1ccccc1. The van der Waals surface area contributed by atoms with Gasteiger partial charge in [-0.25, -0.2) is 0 Å². The van der Waals surface area contributed by atoms with Crippen molar-refractivity contribution in [3.63, 3.8) is 0 Å². The molecule has 2 N–H and O–H groups in total. The third kappa shape index (κ3) is 5.09. The molecule has 1 heterocycles. The van der Waals surface area contributed by atoms with Gasteiger partial charge in [-0.2, -0.15) is 0 Å². The molecule has 0 saturated heterocycles. The van der Waals surface area contributed by atoms with E-state index >= 15 is 0 Å². The Balaban J connectivity index is 1.79. The number of hydrogen-bond donors (Lipinski definition) is 2. The van der Waals surface area contributed by atoms with E-state index in [2.05, 4.69) is 10.3 Å². The van der Waals surface area contributed by atoms with Gasteiger partial charge in [0, 0.05) is 18.7 Å². The van der Waals surface area contributed by atoms with Crippen LogP contribution in [0.4, 0.5) is 0 Å². The Bertz CT molecular complexity index is 1200. The second-order valence-corrected chi connectivity index (χ2v) is 7.08. The number of carbonyl (C=O) groups excluding carboxylic acids is 2. The zero-order valence-electron chi connectivity index (χ0n) is 17.5. The monoisotopic (exact) mass is 423 g/mol. The van der Waals surface area contributed by atoms with Crippen molar-refractivity contribution in [1.82, 2.24) is 14.9 Å². The van der Waals surface area contributed by atoms with Gasteiger partial charge >= 0.3 is 17.1 Å². The van der Waals surface area contributed by atoms with Crippen LogP contribution in [0, 0.1) is 5.92 Å². The van der Waals surface area contributed by atoms with Crippen molar-refractivity contribution in [2.24, 2.45) is 5.92 Å². The largest absolute Gasteiger partial charge is 0.466 e. The molecule has 2 aromatic carbocycles. The van der Waals surface area contributed by atoms with Gasteiger partial charge < -0.3 is 19.6 Å². The summed E-state index contributed by atoms with van der Waals surface area (Å²) in [5.41, 5.74) is 0.840. The average Bonchev–Trinajstić information content (AvgIpc) is 2.77. The number of aromatic nitrogens is 2. The lowest BCUT2D eigenvalue weighted by Crippen LogP contribution is -2.36. The Labute approximate surface area is 178 Å². The molecule has 0 radical (unpaired) electrons. The minimum Gasteiger partial charge on any atom is -0.466 e. The number of carbonyl (C=O) groups is 2. The number of rotatable bonds is 8. The second kappa shape index (κ2) is 9.88. The van der Waals surface area contributed by atoms with Crippen LogP contribution < -0.4 is 16.4 Å². The summed E-state index contributed by atoms with van der Waals surface area (Å²) in [4.78, 5) is 51.4. The Morgan fingerprint density at radius 2 is 1.84 bits per heavy atom. The number of ether oxygens (including phenoxy) is 1. The third-order valence-electron chi connectivity index (χ3n) is 5.01. The molecular formula is C23H25N3O5. The van der Waals surface area contributed by atoms with Crippen molar-refractivity contribution in [3.8, 4) is 0 Å². The highest BCUT2D eigenvalue weighted by Gasteiger charge is 2.22. The fourth-order valence-electron chi connectivity index (χ4n) is 3.45. The Hall–Kier alpha value is -3.68. The summed E-state index contributed by atoms with van der Waals surface area (Å²) in [7, 11) is 0. The quantitative estimate of drug-likeness (QED) is 0.424. The number of fused-ring (bicyclic) bond motifs is 1. The smallest absolute Gasteiger partial charge is 0.316 e. The maximum atomic E-state index is 12.7. The van der Waals surface area contributed by atoms with Crippen LogP contribution in [0.3, 0.4) is 0 Å². The Morgan fingerprint density at radius 3 is 2.52 bits per heavy atom. The number of aryl methyl sites for hydroxylation is 1. The summed E-state index contributed by atoms with van der Waals surface area (Å²) in [5, 5.41) is 2.78. The molecule has 0 aliphatic rings. The summed E-state index contributed by atoms with van der Waals surface area (Å²) in [5.74, 6) is -1.29. The number of nitrogens with zero attached hydrogens (tertiary/aromatic N) is 1. The van der Waals surface area contributed by atoms with E-state index in [1.165, 1.54) is 10.6 Å². The first-order chi connectivity index (χ1) is 14.9. The Kier molecular flexibility index (Phi) is 7.02. The second-order valence-electron chi connectivity index (χ2n) is 7.08. The fraction of sp³-hybridized carbons (Fsp3) is 0.304. The number of hydrogen-bond acceptors (Lipinski definition) is 5. The predicted molar refractivity (Wildman–Crippen MR) is 117 cm³/mol. The number of esters is 1. The van der Waals surface area contributed by atoms with Crippen LogP contribution in [0.15, 0.2) is 58.1 Å². The van der Waals surface area contributed by atoms with Crippen LogP contribution in [0.2, 0.25) is 0 Å². The zero-order chi connectivity index (χ0) is 22.4. The molecule has 0 spiro atoms. The van der Waals surface area contributed by atoms with E-state index in [0.717, 1.165) is 5.56 Å². The molecule has 0 aliphatic heterocycles. The van der Waals surface area contributed by atoms with Crippen molar-refractivity contribution >= 4 is 22.9 Å². The van der Waals surface area contributed by atoms with Crippen molar-refractivity contribution < 1.29 is 14.3 Å². The molecule has 1 atom stereocenters. The van der Waals surface area contributed by atoms with Crippen LogP contribution in [0.5, 0.6) is 0 Å². The van der Waals surface area contributed by atoms with E-state index in [1.807, 2.05) is 30.3 Å². The van der Waals surface area contributed by atoms with Gasteiger partial charge in [0.25, 0.3) is 5.91 Å². The van der Waals surface area contributed by atoms with Gasteiger partial charge in [-0.3, -0.25) is 19.2 Å². The van der Waals surface area contributed by atoms with Gasteiger partial charge in [0.2, 0.25) is 0 Å². The lowest BCUT2D eigenvalue weighted by molar-refractivity contribution is -0.147. The molecule has 0 bridgehead atoms. The normalized spacial score (nSPS) is 11.8. The highest BCUT2D eigenvalue weighted by Crippen LogP contribution is 2.13.